The van der Waals surface area contributed by atoms with Crippen LogP contribution in [0.25, 0.3) is 0 Å². The number of thioether (sulfide) groups is 1. The van der Waals surface area contributed by atoms with E-state index in [0.717, 1.165) is 4.90 Å². The van der Waals surface area contributed by atoms with Crippen molar-refractivity contribution >= 4 is 52.3 Å². The molecule has 19 heavy (non-hydrogen) atoms. The number of carbonyl (C=O) groups is 1. The normalized spacial score (nSPS) is 10.5. The molecule has 0 amide bonds. The molecule has 0 bridgehead atoms. The average Bonchev–Trinajstić information content (AvgIpc) is 2.41. The Balaban J connectivity index is 2.01. The van der Waals surface area contributed by atoms with Crippen LogP contribution in [-0.2, 0) is 0 Å². The molecule has 2 aromatic rings. The van der Waals surface area contributed by atoms with Crippen molar-refractivity contribution in [1.29, 1.82) is 0 Å². The molecule has 2 aromatic carbocycles. The minimum absolute atomic E-state index is 0.0125. The van der Waals surface area contributed by atoms with Crippen LogP contribution in [0, 0.1) is 0 Å². The van der Waals surface area contributed by atoms with Crippen molar-refractivity contribution in [3.63, 3.8) is 0 Å². The van der Waals surface area contributed by atoms with Crippen molar-refractivity contribution in [1.82, 2.24) is 0 Å². The van der Waals surface area contributed by atoms with E-state index in [-0.39, 0.29) is 5.78 Å². The lowest BCUT2D eigenvalue weighted by Gasteiger charge is -2.03. The summed E-state index contributed by atoms with van der Waals surface area (Å²) in [4.78, 5) is 13.0. The molecule has 0 aliphatic heterocycles. The van der Waals surface area contributed by atoms with Crippen molar-refractivity contribution in [2.45, 2.75) is 4.90 Å². The van der Waals surface area contributed by atoms with Gasteiger partial charge in [-0.25, -0.2) is 0 Å². The van der Waals surface area contributed by atoms with Crippen molar-refractivity contribution < 1.29 is 4.79 Å². The maximum Gasteiger partial charge on any atom is 0.173 e. The Morgan fingerprint density at radius 2 is 1.63 bits per heavy atom. The molecule has 2 rings (SSSR count). The number of ketones is 1. The Bertz CT molecular complexity index is 596. The van der Waals surface area contributed by atoms with Crippen LogP contribution in [-0.4, -0.2) is 11.5 Å². The topological polar surface area (TPSA) is 17.1 Å². The minimum atomic E-state index is 0.0125. The predicted octanol–water partition coefficient (Wildman–Crippen LogP) is 5.62. The molecule has 0 fully saturated rings. The molecule has 0 heterocycles. The molecular weight excluding hydrogens is 323 g/mol. The summed E-state index contributed by atoms with van der Waals surface area (Å²) < 4.78 is 0. The number of hydrogen-bond donors (Lipinski definition) is 0. The third-order valence-electron chi connectivity index (χ3n) is 2.43. The van der Waals surface area contributed by atoms with Gasteiger partial charge in [0.25, 0.3) is 0 Å². The van der Waals surface area contributed by atoms with E-state index >= 15 is 0 Å². The molecule has 0 N–H and O–H groups in total. The zero-order valence-corrected chi connectivity index (χ0v) is 12.8. The molecule has 0 radical (unpaired) electrons. The molecule has 0 spiro atoms. The molecule has 0 atom stereocenters. The summed E-state index contributed by atoms with van der Waals surface area (Å²) in [5.41, 5.74) is 0.566. The Morgan fingerprint density at radius 1 is 0.947 bits per heavy atom. The molecule has 1 nitrogen and oxygen atoms in total. The lowest BCUT2D eigenvalue weighted by atomic mass is 10.1. The second kappa shape index (κ2) is 6.67. The molecular formula is C14H9Cl3OS. The van der Waals surface area contributed by atoms with E-state index in [1.54, 1.807) is 30.3 Å². The summed E-state index contributed by atoms with van der Waals surface area (Å²) in [6, 6.07) is 12.3. The van der Waals surface area contributed by atoms with Gasteiger partial charge in [0.1, 0.15) is 0 Å². The summed E-state index contributed by atoms with van der Waals surface area (Å²) in [6.45, 7) is 0. The van der Waals surface area contributed by atoms with Crippen molar-refractivity contribution in [2.75, 3.05) is 5.75 Å². The average molecular weight is 332 g/mol. The van der Waals surface area contributed by atoms with E-state index in [0.29, 0.717) is 26.4 Å². The Kier molecular flexibility index (Phi) is 5.17. The fraction of sp³-hybridized carbons (Fsp3) is 0.0714. The van der Waals surface area contributed by atoms with Crippen LogP contribution >= 0.6 is 46.6 Å². The summed E-state index contributed by atoms with van der Waals surface area (Å²) in [7, 11) is 0. The molecule has 5 heteroatoms. The maximum atomic E-state index is 12.0. The first-order valence-corrected chi connectivity index (χ1v) is 7.55. The largest absolute Gasteiger partial charge is 0.293 e. The highest BCUT2D eigenvalue weighted by Gasteiger charge is 2.08. The fourth-order valence-electron chi connectivity index (χ4n) is 1.43. The highest BCUT2D eigenvalue weighted by Crippen LogP contribution is 2.25. The Morgan fingerprint density at radius 3 is 2.26 bits per heavy atom. The van der Waals surface area contributed by atoms with E-state index in [9.17, 15) is 4.79 Å². The number of rotatable bonds is 4. The van der Waals surface area contributed by atoms with E-state index in [2.05, 4.69) is 0 Å². The quantitative estimate of drug-likeness (QED) is 0.534. The zero-order valence-electron chi connectivity index (χ0n) is 9.70. The number of hydrogen-bond acceptors (Lipinski definition) is 2. The smallest absolute Gasteiger partial charge is 0.173 e. The second-order valence-corrected chi connectivity index (χ2v) is 6.09. The summed E-state index contributed by atoms with van der Waals surface area (Å²) in [5, 5.41) is 1.52. The monoisotopic (exact) mass is 330 g/mol. The lowest BCUT2D eigenvalue weighted by Crippen LogP contribution is -2.02. The molecule has 0 saturated carbocycles. The van der Waals surface area contributed by atoms with Gasteiger partial charge in [-0.1, -0.05) is 34.8 Å². The highest BCUT2D eigenvalue weighted by atomic mass is 35.5. The number of carbonyl (C=O) groups excluding carboxylic acids is 1. The SMILES string of the molecule is O=C(CSc1ccc(Cl)cc1)c1ccc(Cl)c(Cl)c1. The van der Waals surface area contributed by atoms with Gasteiger partial charge in [-0.05, 0) is 42.5 Å². The van der Waals surface area contributed by atoms with E-state index < -0.39 is 0 Å². The van der Waals surface area contributed by atoms with E-state index in [1.807, 2.05) is 12.1 Å². The maximum absolute atomic E-state index is 12.0. The second-order valence-electron chi connectivity index (χ2n) is 3.79. The van der Waals surface area contributed by atoms with Crippen molar-refractivity contribution in [3.8, 4) is 0 Å². The Labute approximate surface area is 130 Å². The van der Waals surface area contributed by atoms with Crippen LogP contribution in [0.15, 0.2) is 47.4 Å². The highest BCUT2D eigenvalue weighted by molar-refractivity contribution is 8.00. The van der Waals surface area contributed by atoms with Gasteiger partial charge in [0.2, 0.25) is 0 Å². The van der Waals surface area contributed by atoms with Gasteiger partial charge >= 0.3 is 0 Å². The van der Waals surface area contributed by atoms with Crippen LogP contribution in [0.4, 0.5) is 0 Å². The summed E-state index contributed by atoms with van der Waals surface area (Å²) in [6.07, 6.45) is 0. The summed E-state index contributed by atoms with van der Waals surface area (Å²) in [5.74, 6) is 0.359. The first-order valence-electron chi connectivity index (χ1n) is 5.43. The van der Waals surface area contributed by atoms with Crippen molar-refractivity contribution in [2.24, 2.45) is 0 Å². The molecule has 0 saturated heterocycles. The van der Waals surface area contributed by atoms with Gasteiger partial charge in [-0.2, -0.15) is 0 Å². The molecule has 0 aliphatic rings. The van der Waals surface area contributed by atoms with Gasteiger partial charge < -0.3 is 0 Å². The third-order valence-corrected chi connectivity index (χ3v) is 4.43. The van der Waals surface area contributed by atoms with E-state index in [1.165, 1.54) is 11.8 Å². The number of Topliss-reactive ketones (excluding diaryl/α,β-unsaturated/α-hetero) is 1. The fourth-order valence-corrected chi connectivity index (χ4v) is 2.65. The van der Waals surface area contributed by atoms with Gasteiger partial charge in [-0.15, -0.1) is 11.8 Å². The lowest BCUT2D eigenvalue weighted by molar-refractivity contribution is 0.102. The van der Waals surface area contributed by atoms with Crippen LogP contribution in [0.5, 0.6) is 0 Å². The zero-order chi connectivity index (χ0) is 13.8. The van der Waals surface area contributed by atoms with Gasteiger partial charge in [0.05, 0.1) is 15.8 Å². The number of halogens is 3. The van der Waals surface area contributed by atoms with Crippen LogP contribution < -0.4 is 0 Å². The van der Waals surface area contributed by atoms with Gasteiger partial charge in [-0.3, -0.25) is 4.79 Å². The molecule has 98 valence electrons. The van der Waals surface area contributed by atoms with Crippen LogP contribution in [0.2, 0.25) is 15.1 Å². The standard InChI is InChI=1S/C14H9Cl3OS/c15-10-2-4-11(5-3-10)19-8-14(18)9-1-6-12(16)13(17)7-9/h1-7H,8H2. The van der Waals surface area contributed by atoms with Crippen molar-refractivity contribution in [3.05, 3.63) is 63.1 Å². The van der Waals surface area contributed by atoms with Crippen LogP contribution in [0.1, 0.15) is 10.4 Å². The Hall–Kier alpha value is -0.670. The summed E-state index contributed by atoms with van der Waals surface area (Å²) >= 11 is 19.0. The first-order chi connectivity index (χ1) is 9.06. The minimum Gasteiger partial charge on any atom is -0.293 e. The third kappa shape index (κ3) is 4.15. The number of benzene rings is 2. The van der Waals surface area contributed by atoms with E-state index in [4.69, 9.17) is 34.8 Å². The molecule has 0 unspecified atom stereocenters. The first kappa shape index (κ1) is 14.7. The molecule has 0 aliphatic carbocycles. The molecule has 0 aromatic heterocycles. The van der Waals surface area contributed by atoms with Gasteiger partial charge in [0.15, 0.2) is 5.78 Å². The van der Waals surface area contributed by atoms with Gasteiger partial charge in [0, 0.05) is 15.5 Å². The van der Waals surface area contributed by atoms with Crippen LogP contribution in [0.3, 0.4) is 0 Å². The predicted molar refractivity (Wildman–Crippen MR) is 83.0 cm³/mol.